The summed E-state index contributed by atoms with van der Waals surface area (Å²) in [6.45, 7) is 5.85. The number of nitrogens with zero attached hydrogens (tertiary/aromatic N) is 1. The Morgan fingerprint density at radius 3 is 2.80 bits per heavy atom. The first kappa shape index (κ1) is 18.5. The van der Waals surface area contributed by atoms with E-state index in [2.05, 4.69) is 17.2 Å². The molecule has 134 valence electrons. The number of anilines is 2. The number of hydrogen-bond acceptors (Lipinski definition) is 4. The minimum Gasteiger partial charge on any atom is -0.445 e. The van der Waals surface area contributed by atoms with Gasteiger partial charge in [-0.1, -0.05) is 19.1 Å². The second kappa shape index (κ2) is 8.86. The molecule has 4 amide bonds. The van der Waals surface area contributed by atoms with Gasteiger partial charge in [-0.3, -0.25) is 15.0 Å². The maximum absolute atomic E-state index is 12.3. The van der Waals surface area contributed by atoms with Gasteiger partial charge in [0.1, 0.15) is 6.61 Å². The van der Waals surface area contributed by atoms with Crippen LogP contribution >= 0.6 is 0 Å². The van der Waals surface area contributed by atoms with E-state index in [1.807, 2.05) is 0 Å². The Bertz CT molecular complexity index is 672. The number of aryl methyl sites for hydroxylation is 1. The molecule has 2 N–H and O–H groups in total. The molecular formula is C18H23N3O4. The van der Waals surface area contributed by atoms with Gasteiger partial charge in [0.15, 0.2) is 0 Å². The molecule has 1 aliphatic heterocycles. The fraction of sp³-hybridized carbons (Fsp3) is 0.389. The van der Waals surface area contributed by atoms with E-state index in [0.29, 0.717) is 24.3 Å². The van der Waals surface area contributed by atoms with Crippen LogP contribution in [0.4, 0.5) is 21.0 Å². The lowest BCUT2D eigenvalue weighted by molar-refractivity contribution is -0.127. The summed E-state index contributed by atoms with van der Waals surface area (Å²) >= 11 is 0. The van der Waals surface area contributed by atoms with Crippen molar-refractivity contribution in [2.75, 3.05) is 23.8 Å². The van der Waals surface area contributed by atoms with E-state index in [9.17, 15) is 14.4 Å². The van der Waals surface area contributed by atoms with Crippen molar-refractivity contribution in [3.8, 4) is 0 Å². The number of likely N-dealkylation sites (tertiary alicyclic amines) is 1. The Morgan fingerprint density at radius 2 is 2.08 bits per heavy atom. The van der Waals surface area contributed by atoms with Gasteiger partial charge in [0.25, 0.3) is 0 Å². The zero-order valence-electron chi connectivity index (χ0n) is 14.3. The summed E-state index contributed by atoms with van der Waals surface area (Å²) in [6.07, 6.45) is 3.92. The zero-order chi connectivity index (χ0) is 18.2. The minimum atomic E-state index is -0.574. The average Bonchev–Trinajstić information content (AvgIpc) is 2.80. The van der Waals surface area contributed by atoms with Crippen LogP contribution in [-0.2, 0) is 9.53 Å². The van der Waals surface area contributed by atoms with Crippen LogP contribution in [0.15, 0.2) is 30.9 Å². The normalized spacial score (nSPS) is 14.4. The third kappa shape index (κ3) is 5.34. The van der Waals surface area contributed by atoms with Crippen molar-refractivity contribution in [3.05, 3.63) is 36.4 Å². The molecule has 7 heteroatoms. The quantitative estimate of drug-likeness (QED) is 0.815. The fourth-order valence-corrected chi connectivity index (χ4v) is 2.55. The number of imide groups is 1. The van der Waals surface area contributed by atoms with Crippen molar-refractivity contribution >= 4 is 29.4 Å². The molecule has 0 spiro atoms. The topological polar surface area (TPSA) is 87.7 Å². The molecule has 0 radical (unpaired) electrons. The van der Waals surface area contributed by atoms with Crippen LogP contribution in [0.1, 0.15) is 31.2 Å². The van der Waals surface area contributed by atoms with Gasteiger partial charge >= 0.3 is 12.1 Å². The smallest absolute Gasteiger partial charge is 0.411 e. The molecule has 1 saturated heterocycles. The van der Waals surface area contributed by atoms with E-state index in [1.54, 1.807) is 25.1 Å². The first-order valence-electron chi connectivity index (χ1n) is 8.28. The molecule has 0 saturated carbocycles. The molecule has 0 aromatic heterocycles. The van der Waals surface area contributed by atoms with E-state index in [0.717, 1.165) is 24.8 Å². The number of urea groups is 1. The van der Waals surface area contributed by atoms with E-state index in [-0.39, 0.29) is 12.5 Å². The summed E-state index contributed by atoms with van der Waals surface area (Å²) in [4.78, 5) is 37.1. The van der Waals surface area contributed by atoms with Crippen LogP contribution in [0, 0.1) is 6.92 Å². The minimum absolute atomic E-state index is 0.128. The molecule has 0 aliphatic carbocycles. The molecule has 1 aliphatic rings. The number of nitrogens with one attached hydrogen (secondary N) is 2. The number of rotatable bonds is 4. The lowest BCUT2D eigenvalue weighted by Crippen LogP contribution is -2.39. The Hall–Kier alpha value is -2.83. The van der Waals surface area contributed by atoms with Gasteiger partial charge in [0.05, 0.1) is 0 Å². The summed E-state index contributed by atoms with van der Waals surface area (Å²) in [5, 5.41) is 5.35. The van der Waals surface area contributed by atoms with E-state index < -0.39 is 12.1 Å². The van der Waals surface area contributed by atoms with Crippen LogP contribution in [-0.4, -0.2) is 36.1 Å². The highest BCUT2D eigenvalue weighted by Gasteiger charge is 2.23. The van der Waals surface area contributed by atoms with Gasteiger partial charge in [-0.25, -0.2) is 9.59 Å². The highest BCUT2D eigenvalue weighted by Crippen LogP contribution is 2.21. The number of carbonyl (C=O) groups excluding carboxylic acids is 3. The second-order valence-corrected chi connectivity index (χ2v) is 5.83. The van der Waals surface area contributed by atoms with Crippen molar-refractivity contribution in [2.45, 2.75) is 32.6 Å². The highest BCUT2D eigenvalue weighted by molar-refractivity contribution is 6.01. The Labute approximate surface area is 147 Å². The Kier molecular flexibility index (Phi) is 6.56. The van der Waals surface area contributed by atoms with E-state index >= 15 is 0 Å². The standard InChI is InChI=1S/C18H23N3O4/c1-3-11-25-18(24)20-15-9-8-14(12-13(15)2)19-17(23)21-10-6-4-5-7-16(21)22/h3,8-9,12H,1,4-7,10-11H2,2H3,(H,19,23)(H,20,24). The number of ether oxygens (including phenoxy) is 1. The van der Waals surface area contributed by atoms with E-state index in [4.69, 9.17) is 4.74 Å². The van der Waals surface area contributed by atoms with Crippen molar-refractivity contribution in [1.29, 1.82) is 0 Å². The van der Waals surface area contributed by atoms with Crippen LogP contribution in [0.2, 0.25) is 0 Å². The van der Waals surface area contributed by atoms with Crippen LogP contribution in [0.3, 0.4) is 0 Å². The molecule has 0 unspecified atom stereocenters. The highest BCUT2D eigenvalue weighted by atomic mass is 16.5. The first-order chi connectivity index (χ1) is 12.0. The summed E-state index contributed by atoms with van der Waals surface area (Å²) in [7, 11) is 0. The van der Waals surface area contributed by atoms with E-state index in [1.165, 1.54) is 11.0 Å². The monoisotopic (exact) mass is 345 g/mol. The molecule has 1 aromatic rings. The SMILES string of the molecule is C=CCOC(=O)Nc1ccc(NC(=O)N2CCCCCC2=O)cc1C. The molecule has 7 nitrogen and oxygen atoms in total. The third-order valence-corrected chi connectivity index (χ3v) is 3.87. The van der Waals surface area contributed by atoms with Gasteiger partial charge in [-0.2, -0.15) is 0 Å². The second-order valence-electron chi connectivity index (χ2n) is 5.83. The first-order valence-corrected chi connectivity index (χ1v) is 8.28. The molecular weight excluding hydrogens is 322 g/mol. The number of benzene rings is 1. The predicted molar refractivity (Wildman–Crippen MR) is 95.5 cm³/mol. The summed E-state index contributed by atoms with van der Waals surface area (Å²) < 4.78 is 4.87. The molecule has 1 aromatic carbocycles. The van der Waals surface area contributed by atoms with Gasteiger partial charge in [-0.15, -0.1) is 0 Å². The van der Waals surface area contributed by atoms with Crippen molar-refractivity contribution < 1.29 is 19.1 Å². The van der Waals surface area contributed by atoms with Crippen LogP contribution < -0.4 is 10.6 Å². The molecule has 2 rings (SSSR count). The molecule has 1 fully saturated rings. The Balaban J connectivity index is 1.99. The third-order valence-electron chi connectivity index (χ3n) is 3.87. The van der Waals surface area contributed by atoms with Gasteiger partial charge in [-0.05, 0) is 43.5 Å². The molecule has 0 atom stereocenters. The lowest BCUT2D eigenvalue weighted by atomic mass is 10.2. The zero-order valence-corrected chi connectivity index (χ0v) is 14.3. The maximum Gasteiger partial charge on any atom is 0.411 e. The molecule has 0 bridgehead atoms. The number of amides is 4. The van der Waals surface area contributed by atoms with Crippen LogP contribution in [0.5, 0.6) is 0 Å². The van der Waals surface area contributed by atoms with Gasteiger partial charge in [0.2, 0.25) is 5.91 Å². The number of carbonyl (C=O) groups is 3. The van der Waals surface area contributed by atoms with Crippen molar-refractivity contribution in [2.24, 2.45) is 0 Å². The molecule has 1 heterocycles. The van der Waals surface area contributed by atoms with Gasteiger partial charge < -0.3 is 10.1 Å². The summed E-state index contributed by atoms with van der Waals surface area (Å²) in [5.74, 6) is -0.144. The maximum atomic E-state index is 12.3. The van der Waals surface area contributed by atoms with Gasteiger partial charge in [0, 0.05) is 24.3 Å². The van der Waals surface area contributed by atoms with Crippen molar-refractivity contribution in [3.63, 3.8) is 0 Å². The lowest BCUT2D eigenvalue weighted by Gasteiger charge is -2.19. The number of hydrogen-bond donors (Lipinski definition) is 2. The Morgan fingerprint density at radius 1 is 1.28 bits per heavy atom. The van der Waals surface area contributed by atoms with Crippen molar-refractivity contribution in [1.82, 2.24) is 4.90 Å². The molecule has 25 heavy (non-hydrogen) atoms. The summed E-state index contributed by atoms with van der Waals surface area (Å²) in [5.41, 5.74) is 1.90. The van der Waals surface area contributed by atoms with Crippen LogP contribution in [0.25, 0.3) is 0 Å². The predicted octanol–water partition coefficient (Wildman–Crippen LogP) is 3.66. The summed E-state index contributed by atoms with van der Waals surface area (Å²) in [6, 6.07) is 4.64. The largest absolute Gasteiger partial charge is 0.445 e. The fourth-order valence-electron chi connectivity index (χ4n) is 2.55. The average molecular weight is 345 g/mol.